The van der Waals surface area contributed by atoms with E-state index >= 15 is 0 Å². The Bertz CT molecular complexity index is 2290. The van der Waals surface area contributed by atoms with E-state index in [1.54, 1.807) is 25.3 Å². The van der Waals surface area contributed by atoms with Crippen molar-refractivity contribution in [2.45, 2.75) is 138 Å². The molecule has 2 aromatic heterocycles. The standard InChI is InChI=1S/C43H55N7O9S2/c1-25(2)44-41-46-35(24-60-41)34-21-37(31-18-15-28(57-3)19-33(31)45-34)58-29-20-36-38(51)48-43(40(53)49-61(55,56)30-16-17-30)22-26(43)11-7-5-4-6-8-14-32(39(52)50(36)23-29)47-42(54)59-27-12-9-10-13-27/h7,11,15,18-19,21,24-27,29-30,32,36H,4-6,8-10,12-14,16-17,20,22-23H2,1-3H3,(H,44,46)(H,47,54)(H,48,51)(H,49,53)/b11-7-/t26-,29-,32+,36+,43?/m1/s1. The fraction of sp³-hybridized carbons (Fsp3) is 0.581. The van der Waals surface area contributed by atoms with E-state index < -0.39 is 68.7 Å². The minimum Gasteiger partial charge on any atom is -0.497 e. The van der Waals surface area contributed by atoms with E-state index in [1.807, 2.05) is 37.4 Å². The van der Waals surface area contributed by atoms with Gasteiger partial charge in [0.05, 0.1) is 30.1 Å². The topological polar surface area (TPSA) is 207 Å². The second kappa shape index (κ2) is 17.8. The van der Waals surface area contributed by atoms with E-state index in [1.165, 1.54) is 16.2 Å². The van der Waals surface area contributed by atoms with Crippen molar-refractivity contribution in [1.29, 1.82) is 0 Å². The number of alkyl carbamates (subject to hydrolysis) is 1. The Morgan fingerprint density at radius 1 is 0.984 bits per heavy atom. The van der Waals surface area contributed by atoms with Crippen LogP contribution in [0.25, 0.3) is 22.3 Å². The number of carbonyl (C=O) groups excluding carboxylic acids is 4. The third kappa shape index (κ3) is 9.74. The van der Waals surface area contributed by atoms with Crippen molar-refractivity contribution in [3.05, 3.63) is 41.8 Å². The first-order valence-electron chi connectivity index (χ1n) is 21.5. The van der Waals surface area contributed by atoms with Gasteiger partial charge < -0.3 is 35.1 Å². The van der Waals surface area contributed by atoms with E-state index in [4.69, 9.17) is 24.2 Å². The van der Waals surface area contributed by atoms with Gasteiger partial charge in [-0.15, -0.1) is 11.3 Å². The van der Waals surface area contributed by atoms with Crippen molar-refractivity contribution < 1.29 is 41.8 Å². The molecule has 5 atom stereocenters. The summed E-state index contributed by atoms with van der Waals surface area (Å²) >= 11 is 1.46. The number of nitrogens with one attached hydrogen (secondary N) is 4. The van der Waals surface area contributed by atoms with Crippen LogP contribution < -0.4 is 30.1 Å². The van der Waals surface area contributed by atoms with Gasteiger partial charge in [0.25, 0.3) is 5.91 Å². The van der Waals surface area contributed by atoms with Gasteiger partial charge in [-0.3, -0.25) is 19.1 Å². The van der Waals surface area contributed by atoms with Gasteiger partial charge in [0.1, 0.15) is 47.0 Å². The summed E-state index contributed by atoms with van der Waals surface area (Å²) in [5, 5.41) is 11.8. The highest BCUT2D eigenvalue weighted by molar-refractivity contribution is 7.91. The molecule has 3 aromatic rings. The lowest BCUT2D eigenvalue weighted by Gasteiger charge is -2.30. The molecule has 4 N–H and O–H groups in total. The lowest BCUT2D eigenvalue weighted by Crippen LogP contribution is -2.58. The number of hydrogen-bond acceptors (Lipinski definition) is 13. The molecule has 4 heterocycles. The lowest BCUT2D eigenvalue weighted by atomic mass is 10.0. The Kier molecular flexibility index (Phi) is 12.5. The summed E-state index contributed by atoms with van der Waals surface area (Å²) in [7, 11) is -2.34. The number of anilines is 1. The lowest BCUT2D eigenvalue weighted by molar-refractivity contribution is -0.141. The van der Waals surface area contributed by atoms with Crippen molar-refractivity contribution in [3.63, 3.8) is 0 Å². The Morgan fingerprint density at radius 3 is 2.52 bits per heavy atom. The maximum absolute atomic E-state index is 14.8. The molecule has 1 aromatic carbocycles. The fourth-order valence-corrected chi connectivity index (χ4v) is 10.8. The summed E-state index contributed by atoms with van der Waals surface area (Å²) in [4.78, 5) is 67.6. The van der Waals surface area contributed by atoms with Crippen LogP contribution in [0.3, 0.4) is 0 Å². The molecule has 1 saturated heterocycles. The number of sulfonamides is 1. The Hall–Kier alpha value is -4.97. The highest BCUT2D eigenvalue weighted by atomic mass is 32.2. The molecule has 16 nitrogen and oxygen atoms in total. The van der Waals surface area contributed by atoms with Crippen LogP contribution in [0.4, 0.5) is 9.93 Å². The van der Waals surface area contributed by atoms with Crippen LogP contribution in [0.1, 0.15) is 97.3 Å². The summed E-state index contributed by atoms with van der Waals surface area (Å²) in [6, 6.07) is 5.31. The smallest absolute Gasteiger partial charge is 0.408 e. The summed E-state index contributed by atoms with van der Waals surface area (Å²) in [5.74, 6) is -1.26. The molecule has 2 aliphatic heterocycles. The molecular weight excluding hydrogens is 823 g/mol. The fourth-order valence-electron chi connectivity index (χ4n) is 8.60. The number of ether oxygens (including phenoxy) is 3. The first-order valence-corrected chi connectivity index (χ1v) is 23.9. The van der Waals surface area contributed by atoms with Crippen LogP contribution in [0.2, 0.25) is 0 Å². The van der Waals surface area contributed by atoms with Gasteiger partial charge in [-0.2, -0.15) is 0 Å². The zero-order valence-electron chi connectivity index (χ0n) is 34.8. The van der Waals surface area contributed by atoms with Gasteiger partial charge in [-0.05, 0) is 90.2 Å². The Morgan fingerprint density at radius 2 is 1.77 bits per heavy atom. The molecule has 3 aliphatic carbocycles. The van der Waals surface area contributed by atoms with E-state index in [9.17, 15) is 27.6 Å². The predicted octanol–water partition coefficient (Wildman–Crippen LogP) is 5.58. The van der Waals surface area contributed by atoms with Gasteiger partial charge in [0.2, 0.25) is 21.8 Å². The number of aromatic nitrogens is 2. The van der Waals surface area contributed by atoms with E-state index in [0.29, 0.717) is 65.9 Å². The average Bonchev–Trinajstić information content (AvgIpc) is 4.00. The third-order valence-electron chi connectivity index (χ3n) is 12.2. The molecule has 0 radical (unpaired) electrons. The summed E-state index contributed by atoms with van der Waals surface area (Å²) < 4.78 is 46.2. The number of methoxy groups -OCH3 is 1. The first kappa shape index (κ1) is 42.7. The van der Waals surface area contributed by atoms with E-state index in [2.05, 4.69) is 20.7 Å². The van der Waals surface area contributed by atoms with Crippen molar-refractivity contribution >= 4 is 61.2 Å². The highest BCUT2D eigenvalue weighted by Crippen LogP contribution is 2.46. The molecule has 18 heteroatoms. The van der Waals surface area contributed by atoms with Gasteiger partial charge in [-0.1, -0.05) is 25.0 Å². The maximum Gasteiger partial charge on any atom is 0.408 e. The highest BCUT2D eigenvalue weighted by Gasteiger charge is 2.62. The molecule has 5 aliphatic rings. The first-order chi connectivity index (χ1) is 29.3. The zero-order chi connectivity index (χ0) is 42.9. The SMILES string of the molecule is COc1ccc2c(O[C@@H]3C[C@H]4C(=O)NC5(C(=O)NS(=O)(=O)C6CC6)C[C@H]5/C=C\CCCCC[C@H](NC(=O)OC5CCCC5)C(=O)N4C3)cc(-c3csc(NC(C)C)n3)nc2c1. The van der Waals surface area contributed by atoms with Crippen LogP contribution in [-0.2, 0) is 29.1 Å². The van der Waals surface area contributed by atoms with Crippen LogP contribution >= 0.6 is 11.3 Å². The van der Waals surface area contributed by atoms with Crippen molar-refractivity contribution in [3.8, 4) is 22.9 Å². The van der Waals surface area contributed by atoms with Crippen molar-refractivity contribution in [1.82, 2.24) is 30.2 Å². The number of rotatable bonds is 11. The third-order valence-corrected chi connectivity index (χ3v) is 14.8. The normalized spacial score (nSPS) is 26.7. The zero-order valence-corrected chi connectivity index (χ0v) is 36.4. The largest absolute Gasteiger partial charge is 0.497 e. The number of benzene rings is 1. The van der Waals surface area contributed by atoms with Crippen molar-refractivity contribution in [2.24, 2.45) is 5.92 Å². The van der Waals surface area contributed by atoms with Crippen molar-refractivity contribution in [2.75, 3.05) is 19.0 Å². The summed E-state index contributed by atoms with van der Waals surface area (Å²) in [5.41, 5.74) is 0.262. The number of hydrogen-bond donors (Lipinski definition) is 4. The summed E-state index contributed by atoms with van der Waals surface area (Å²) in [6.45, 7) is 4.05. The van der Waals surface area contributed by atoms with Gasteiger partial charge >= 0.3 is 6.09 Å². The molecule has 328 valence electrons. The van der Waals surface area contributed by atoms with Gasteiger partial charge in [0.15, 0.2) is 5.13 Å². The second-order valence-electron chi connectivity index (χ2n) is 17.2. The number of allylic oxidation sites excluding steroid dienone is 1. The minimum absolute atomic E-state index is 0.0141. The van der Waals surface area contributed by atoms with Crippen LogP contribution in [0.15, 0.2) is 41.8 Å². The van der Waals surface area contributed by atoms with Gasteiger partial charge in [-0.25, -0.2) is 23.2 Å². The molecule has 1 unspecified atom stereocenters. The molecule has 0 bridgehead atoms. The van der Waals surface area contributed by atoms with Crippen LogP contribution in [0.5, 0.6) is 11.5 Å². The molecular formula is C43H55N7O9S2. The summed E-state index contributed by atoms with van der Waals surface area (Å²) in [6.07, 6.45) is 10.1. The molecule has 4 amide bonds. The van der Waals surface area contributed by atoms with Gasteiger partial charge in [0, 0.05) is 41.3 Å². The van der Waals surface area contributed by atoms with Crippen LogP contribution in [0, 0.1) is 5.92 Å². The predicted molar refractivity (Wildman–Crippen MR) is 230 cm³/mol. The number of fused-ring (bicyclic) bond motifs is 3. The molecule has 8 rings (SSSR count). The molecule has 3 saturated carbocycles. The molecule has 61 heavy (non-hydrogen) atoms. The monoisotopic (exact) mass is 877 g/mol. The number of thiazole rings is 1. The van der Waals surface area contributed by atoms with Crippen LogP contribution in [-0.4, -0.2) is 102 Å². The Labute approximate surface area is 360 Å². The average molecular weight is 878 g/mol. The minimum atomic E-state index is -3.91. The molecule has 4 fully saturated rings. The quantitative estimate of drug-likeness (QED) is 0.174. The molecule has 0 spiro atoms. The second-order valence-corrected chi connectivity index (χ2v) is 20.0. The Balaban J connectivity index is 1.11. The number of pyridine rings is 1. The number of nitrogens with zero attached hydrogens (tertiary/aromatic N) is 3. The van der Waals surface area contributed by atoms with E-state index in [-0.39, 0.29) is 31.5 Å². The number of amides is 4. The number of carbonyl (C=O) groups is 4. The van der Waals surface area contributed by atoms with E-state index in [0.717, 1.165) is 43.7 Å². The maximum atomic E-state index is 14.8.